The molecule has 7 nitrogen and oxygen atoms in total. The van der Waals surface area contributed by atoms with Crippen LogP contribution in [0, 0.1) is 13.8 Å². The molecule has 1 N–H and O–H groups in total. The van der Waals surface area contributed by atoms with Gasteiger partial charge < -0.3 is 14.5 Å². The Bertz CT molecular complexity index is 1470. The predicted molar refractivity (Wildman–Crippen MR) is 125 cm³/mol. The number of hydrogen-bond acceptors (Lipinski definition) is 5. The van der Waals surface area contributed by atoms with Gasteiger partial charge in [-0.3, -0.25) is 4.79 Å². The summed E-state index contributed by atoms with van der Waals surface area (Å²) in [5.74, 6) is 0.0273. The van der Waals surface area contributed by atoms with E-state index < -0.39 is 15.9 Å². The minimum absolute atomic E-state index is 0.104. The number of ether oxygens (including phenoxy) is 1. The third-order valence-electron chi connectivity index (χ3n) is 5.59. The average molecular weight is 453 g/mol. The zero-order chi connectivity index (χ0) is 23.2. The number of benzene rings is 3. The van der Waals surface area contributed by atoms with Crippen LogP contribution in [0.4, 0.5) is 5.69 Å². The van der Waals surface area contributed by atoms with Gasteiger partial charge in [-0.2, -0.15) is 0 Å². The zero-order valence-corrected chi connectivity index (χ0v) is 19.3. The summed E-state index contributed by atoms with van der Waals surface area (Å²) in [6, 6.07) is 14.3. The minimum atomic E-state index is -3.70. The summed E-state index contributed by atoms with van der Waals surface area (Å²) < 4.78 is 38.0. The number of para-hydroxylation sites is 1. The first kappa shape index (κ1) is 21.9. The normalized spacial score (nSPS) is 11.9. The Kier molecular flexibility index (Phi) is 5.44. The monoisotopic (exact) mass is 452 g/mol. The number of anilines is 1. The maximum Gasteiger partial charge on any atom is 0.255 e. The number of aryl methyl sites for hydroxylation is 1. The van der Waals surface area contributed by atoms with Gasteiger partial charge in [0.1, 0.15) is 16.9 Å². The van der Waals surface area contributed by atoms with E-state index >= 15 is 0 Å². The van der Waals surface area contributed by atoms with Gasteiger partial charge in [-0.15, -0.1) is 0 Å². The Morgan fingerprint density at radius 2 is 1.72 bits per heavy atom. The maximum atomic E-state index is 13.1. The second kappa shape index (κ2) is 7.96. The van der Waals surface area contributed by atoms with Crippen LogP contribution in [-0.4, -0.2) is 39.8 Å². The third-order valence-corrected chi connectivity index (χ3v) is 7.53. The van der Waals surface area contributed by atoms with E-state index in [4.69, 9.17) is 9.15 Å². The van der Waals surface area contributed by atoms with Crippen LogP contribution in [0.25, 0.3) is 21.9 Å². The van der Waals surface area contributed by atoms with Crippen molar-refractivity contribution < 1.29 is 22.4 Å². The fraction of sp³-hybridized carbons (Fsp3) is 0.208. The van der Waals surface area contributed by atoms with Crippen LogP contribution < -0.4 is 10.1 Å². The van der Waals surface area contributed by atoms with Crippen LogP contribution >= 0.6 is 0 Å². The molecule has 0 aliphatic heterocycles. The second-order valence-corrected chi connectivity index (χ2v) is 9.92. The van der Waals surface area contributed by atoms with Crippen molar-refractivity contribution in [3.63, 3.8) is 0 Å². The number of nitrogens with one attached hydrogen (secondary N) is 1. The van der Waals surface area contributed by atoms with E-state index in [0.29, 0.717) is 28.1 Å². The Morgan fingerprint density at radius 3 is 2.41 bits per heavy atom. The number of amides is 1. The highest BCUT2D eigenvalue weighted by molar-refractivity contribution is 7.89. The van der Waals surface area contributed by atoms with Crippen molar-refractivity contribution in [3.8, 4) is 5.75 Å². The highest BCUT2D eigenvalue weighted by atomic mass is 32.2. The topological polar surface area (TPSA) is 88.8 Å². The lowest BCUT2D eigenvalue weighted by atomic mass is 10.1. The molecule has 166 valence electrons. The number of nitrogens with zero attached hydrogens (tertiary/aromatic N) is 1. The van der Waals surface area contributed by atoms with Gasteiger partial charge in [0, 0.05) is 36.5 Å². The fourth-order valence-corrected chi connectivity index (χ4v) is 4.85. The Labute approximate surface area is 186 Å². The van der Waals surface area contributed by atoms with E-state index in [-0.39, 0.29) is 10.5 Å². The molecule has 0 fully saturated rings. The minimum Gasteiger partial charge on any atom is -0.495 e. The van der Waals surface area contributed by atoms with Crippen molar-refractivity contribution in [2.45, 2.75) is 18.7 Å². The Balaban J connectivity index is 1.77. The first-order valence-electron chi connectivity index (χ1n) is 9.98. The van der Waals surface area contributed by atoms with Gasteiger partial charge >= 0.3 is 0 Å². The van der Waals surface area contributed by atoms with Crippen molar-refractivity contribution in [2.75, 3.05) is 26.5 Å². The molecule has 32 heavy (non-hydrogen) atoms. The van der Waals surface area contributed by atoms with Crippen molar-refractivity contribution in [3.05, 3.63) is 65.2 Å². The molecule has 0 unspecified atom stereocenters. The maximum absolute atomic E-state index is 13.1. The van der Waals surface area contributed by atoms with E-state index in [9.17, 15) is 13.2 Å². The summed E-state index contributed by atoms with van der Waals surface area (Å²) in [6.07, 6.45) is 0. The first-order valence-corrected chi connectivity index (χ1v) is 11.4. The van der Waals surface area contributed by atoms with Crippen LogP contribution in [0.5, 0.6) is 5.75 Å². The van der Waals surface area contributed by atoms with E-state index in [0.717, 1.165) is 20.7 Å². The van der Waals surface area contributed by atoms with Crippen LogP contribution in [0.15, 0.2) is 57.8 Å². The number of rotatable bonds is 5. The average Bonchev–Trinajstić information content (AvgIpc) is 3.11. The molecule has 3 aromatic carbocycles. The molecule has 0 bridgehead atoms. The largest absolute Gasteiger partial charge is 0.495 e. The third kappa shape index (κ3) is 3.61. The molecule has 1 aromatic heterocycles. The number of carbonyl (C=O) groups excluding carboxylic acids is 1. The molecular formula is C24H24N2O5S. The quantitative estimate of drug-likeness (QED) is 0.474. The molecule has 0 saturated carbocycles. The smallest absolute Gasteiger partial charge is 0.255 e. The number of furan rings is 1. The molecule has 1 heterocycles. The SMILES string of the molecule is COc1cc2c(cc1NC(=O)c1cc(C)c(C)c(S(=O)(=O)N(C)C)c1)oc1ccccc12. The number of carbonyl (C=O) groups is 1. The van der Waals surface area contributed by atoms with E-state index in [1.54, 1.807) is 26.0 Å². The van der Waals surface area contributed by atoms with Crippen LogP contribution in [0.1, 0.15) is 21.5 Å². The van der Waals surface area contributed by atoms with Crippen molar-refractivity contribution >= 4 is 43.6 Å². The van der Waals surface area contributed by atoms with Crippen molar-refractivity contribution in [1.29, 1.82) is 0 Å². The summed E-state index contributed by atoms with van der Waals surface area (Å²) in [5, 5.41) is 4.66. The molecule has 8 heteroatoms. The van der Waals surface area contributed by atoms with Crippen LogP contribution in [0.2, 0.25) is 0 Å². The molecule has 0 aliphatic carbocycles. The summed E-state index contributed by atoms with van der Waals surface area (Å²) in [5.41, 5.74) is 3.33. The molecule has 0 spiro atoms. The van der Waals surface area contributed by atoms with Gasteiger partial charge in [0.2, 0.25) is 10.0 Å². The van der Waals surface area contributed by atoms with E-state index in [1.165, 1.54) is 27.3 Å². The van der Waals surface area contributed by atoms with Gasteiger partial charge in [0.25, 0.3) is 5.91 Å². The number of sulfonamides is 1. The highest BCUT2D eigenvalue weighted by Crippen LogP contribution is 2.36. The Morgan fingerprint density at radius 1 is 1.00 bits per heavy atom. The van der Waals surface area contributed by atoms with Crippen LogP contribution in [0.3, 0.4) is 0 Å². The standard InChI is InChI=1S/C24H24N2O5S/c1-14-10-16(11-23(15(14)2)32(28,29)26(3)4)24(27)25-19-13-21-18(12-22(19)30-5)17-8-6-7-9-20(17)31-21/h6-13H,1-5H3,(H,25,27). The van der Waals surface area contributed by atoms with Gasteiger partial charge in [-0.1, -0.05) is 18.2 Å². The molecular weight excluding hydrogens is 428 g/mol. The van der Waals surface area contributed by atoms with Gasteiger partial charge in [0.05, 0.1) is 17.7 Å². The summed E-state index contributed by atoms with van der Waals surface area (Å²) in [7, 11) is 0.748. The zero-order valence-electron chi connectivity index (χ0n) is 18.5. The van der Waals surface area contributed by atoms with Crippen molar-refractivity contribution in [2.24, 2.45) is 0 Å². The Hall–Kier alpha value is -3.36. The summed E-state index contributed by atoms with van der Waals surface area (Å²) in [4.78, 5) is 13.2. The molecule has 1 amide bonds. The van der Waals surface area contributed by atoms with E-state index in [1.807, 2.05) is 30.3 Å². The molecule has 4 rings (SSSR count). The fourth-order valence-electron chi connectivity index (χ4n) is 3.64. The van der Waals surface area contributed by atoms with E-state index in [2.05, 4.69) is 5.32 Å². The van der Waals surface area contributed by atoms with Gasteiger partial charge in [0.15, 0.2) is 0 Å². The van der Waals surface area contributed by atoms with Crippen LogP contribution in [-0.2, 0) is 10.0 Å². The lowest BCUT2D eigenvalue weighted by molar-refractivity contribution is 0.102. The second-order valence-electron chi connectivity index (χ2n) is 7.80. The molecule has 0 radical (unpaired) electrons. The number of fused-ring (bicyclic) bond motifs is 3. The number of methoxy groups -OCH3 is 1. The first-order chi connectivity index (χ1) is 15.1. The van der Waals surface area contributed by atoms with Crippen molar-refractivity contribution in [1.82, 2.24) is 4.31 Å². The molecule has 0 atom stereocenters. The van der Waals surface area contributed by atoms with Gasteiger partial charge in [-0.05, 0) is 49.2 Å². The molecule has 0 aliphatic rings. The number of hydrogen-bond donors (Lipinski definition) is 1. The summed E-state index contributed by atoms with van der Waals surface area (Å²) in [6.45, 7) is 3.51. The molecule has 0 saturated heterocycles. The molecule has 4 aromatic rings. The lowest BCUT2D eigenvalue weighted by Gasteiger charge is -2.17. The lowest BCUT2D eigenvalue weighted by Crippen LogP contribution is -2.24. The summed E-state index contributed by atoms with van der Waals surface area (Å²) >= 11 is 0. The van der Waals surface area contributed by atoms with Gasteiger partial charge in [-0.25, -0.2) is 12.7 Å². The highest BCUT2D eigenvalue weighted by Gasteiger charge is 2.23. The predicted octanol–water partition coefficient (Wildman–Crippen LogP) is 4.71.